The molecule has 0 unspecified atom stereocenters. The zero-order chi connectivity index (χ0) is 20.0. The van der Waals surface area contributed by atoms with Crippen LogP contribution >= 0.6 is 11.3 Å². The lowest BCUT2D eigenvalue weighted by atomic mass is 10.2. The quantitative estimate of drug-likeness (QED) is 0.748. The van der Waals surface area contributed by atoms with E-state index < -0.39 is 10.0 Å². The Hall–Kier alpha value is -2.00. The Labute approximate surface area is 170 Å². The van der Waals surface area contributed by atoms with E-state index in [-0.39, 0.29) is 12.5 Å². The average Bonchev–Trinajstić information content (AvgIpc) is 3.19. The minimum absolute atomic E-state index is 0.192. The van der Waals surface area contributed by atoms with Crippen LogP contribution in [-0.2, 0) is 21.4 Å². The number of nitrogens with one attached hydrogen (secondary N) is 1. The second-order valence-corrected chi connectivity index (χ2v) is 9.50. The highest BCUT2D eigenvalue weighted by Crippen LogP contribution is 2.13. The summed E-state index contributed by atoms with van der Waals surface area (Å²) < 4.78 is 26.6. The van der Waals surface area contributed by atoms with Gasteiger partial charge in [-0.3, -0.25) is 9.69 Å². The first kappa shape index (κ1) is 20.7. The number of aryl methyl sites for hydroxylation is 1. The molecule has 0 radical (unpaired) electrons. The molecule has 28 heavy (non-hydrogen) atoms. The molecule has 0 spiro atoms. The number of amides is 1. The molecule has 6 nitrogen and oxygen atoms in total. The number of rotatable bonds is 7. The van der Waals surface area contributed by atoms with Gasteiger partial charge in [-0.25, -0.2) is 13.1 Å². The Morgan fingerprint density at radius 1 is 1.14 bits per heavy atom. The van der Waals surface area contributed by atoms with E-state index in [0.29, 0.717) is 13.1 Å². The van der Waals surface area contributed by atoms with Crippen molar-refractivity contribution in [2.24, 2.45) is 0 Å². The normalized spacial score (nSPS) is 16.0. The summed E-state index contributed by atoms with van der Waals surface area (Å²) in [6, 6.07) is 11.7. The highest BCUT2D eigenvalue weighted by molar-refractivity contribution is 7.92. The van der Waals surface area contributed by atoms with Crippen LogP contribution in [0.2, 0.25) is 0 Å². The summed E-state index contributed by atoms with van der Waals surface area (Å²) in [6.07, 6.45) is 1.52. The number of carbonyl (C=O) groups is 1. The Kier molecular flexibility index (Phi) is 7.01. The largest absolute Gasteiger partial charge is 0.339 e. The molecular weight excluding hydrogens is 394 g/mol. The van der Waals surface area contributed by atoms with E-state index >= 15 is 0 Å². The van der Waals surface area contributed by atoms with E-state index in [1.807, 2.05) is 37.3 Å². The Morgan fingerprint density at radius 2 is 1.86 bits per heavy atom. The van der Waals surface area contributed by atoms with Gasteiger partial charge in [0.15, 0.2) is 0 Å². The fourth-order valence-corrected chi connectivity index (χ4v) is 4.45. The van der Waals surface area contributed by atoms with Crippen LogP contribution in [0.25, 0.3) is 6.08 Å². The van der Waals surface area contributed by atoms with Crippen LogP contribution < -0.4 is 4.72 Å². The van der Waals surface area contributed by atoms with Crippen molar-refractivity contribution in [3.8, 4) is 0 Å². The number of thiophene rings is 1. The van der Waals surface area contributed by atoms with Gasteiger partial charge < -0.3 is 4.90 Å². The number of hydrogen-bond donors (Lipinski definition) is 1. The van der Waals surface area contributed by atoms with E-state index in [9.17, 15) is 13.2 Å². The molecule has 1 aromatic heterocycles. The lowest BCUT2D eigenvalue weighted by molar-refractivity contribution is -0.131. The van der Waals surface area contributed by atoms with Gasteiger partial charge in [0.1, 0.15) is 0 Å². The fraction of sp³-hybridized carbons (Fsp3) is 0.350. The third-order valence-corrected chi connectivity index (χ3v) is 6.53. The van der Waals surface area contributed by atoms with E-state index in [0.717, 1.165) is 36.2 Å². The molecule has 1 aliphatic heterocycles. The molecule has 2 aromatic rings. The molecule has 1 amide bonds. The van der Waals surface area contributed by atoms with Gasteiger partial charge in [0.2, 0.25) is 15.9 Å². The summed E-state index contributed by atoms with van der Waals surface area (Å²) in [5.41, 5.74) is 1.91. The van der Waals surface area contributed by atoms with Crippen molar-refractivity contribution >= 4 is 33.3 Å². The molecule has 1 aliphatic rings. The minimum Gasteiger partial charge on any atom is -0.339 e. The number of hydrogen-bond acceptors (Lipinski definition) is 5. The standard InChI is InChI=1S/C20H25N3O3S2/c1-17-4-6-18(7-5-17)8-14-28(25,26)21-15-20(24)23-11-9-22(10-12-23)16-19-3-2-13-27-19/h2-8,13-14,21H,9-12,15-16H2,1H3/b14-8+. The number of benzene rings is 1. The van der Waals surface area contributed by atoms with Gasteiger partial charge in [0, 0.05) is 43.0 Å². The molecule has 0 bridgehead atoms. The predicted octanol–water partition coefficient (Wildman–Crippen LogP) is 2.29. The maximum atomic E-state index is 12.3. The highest BCUT2D eigenvalue weighted by atomic mass is 32.2. The maximum Gasteiger partial charge on any atom is 0.237 e. The van der Waals surface area contributed by atoms with Crippen molar-refractivity contribution < 1.29 is 13.2 Å². The van der Waals surface area contributed by atoms with Gasteiger partial charge in [-0.1, -0.05) is 35.9 Å². The van der Waals surface area contributed by atoms with Crippen molar-refractivity contribution in [2.75, 3.05) is 32.7 Å². The summed E-state index contributed by atoms with van der Waals surface area (Å²) in [5, 5.41) is 3.17. The molecule has 0 aliphatic carbocycles. The topological polar surface area (TPSA) is 69.7 Å². The Morgan fingerprint density at radius 3 is 2.50 bits per heavy atom. The van der Waals surface area contributed by atoms with Gasteiger partial charge in [-0.05, 0) is 30.0 Å². The van der Waals surface area contributed by atoms with Gasteiger partial charge in [0.05, 0.1) is 6.54 Å². The first-order valence-corrected chi connectivity index (χ1v) is 11.6. The molecule has 2 heterocycles. The van der Waals surface area contributed by atoms with Crippen LogP contribution in [0.3, 0.4) is 0 Å². The van der Waals surface area contributed by atoms with Crippen molar-refractivity contribution in [3.63, 3.8) is 0 Å². The van der Waals surface area contributed by atoms with E-state index in [4.69, 9.17) is 0 Å². The number of nitrogens with zero attached hydrogens (tertiary/aromatic N) is 2. The molecule has 1 fully saturated rings. The molecule has 1 N–H and O–H groups in total. The lowest BCUT2D eigenvalue weighted by Crippen LogP contribution is -2.50. The summed E-state index contributed by atoms with van der Waals surface area (Å²) in [4.78, 5) is 17.7. The minimum atomic E-state index is -3.66. The summed E-state index contributed by atoms with van der Waals surface area (Å²) in [6.45, 7) is 5.48. The molecule has 8 heteroatoms. The Bertz CT molecular complexity index is 899. The van der Waals surface area contributed by atoms with Gasteiger partial charge in [-0.2, -0.15) is 0 Å². The molecule has 1 saturated heterocycles. The maximum absolute atomic E-state index is 12.3. The first-order chi connectivity index (χ1) is 13.4. The second-order valence-electron chi connectivity index (χ2n) is 6.82. The summed E-state index contributed by atoms with van der Waals surface area (Å²) in [5.74, 6) is -0.192. The third-order valence-electron chi connectivity index (χ3n) is 4.63. The van der Waals surface area contributed by atoms with Crippen LogP contribution in [0, 0.1) is 6.92 Å². The zero-order valence-electron chi connectivity index (χ0n) is 15.9. The van der Waals surface area contributed by atoms with Gasteiger partial charge in [0.25, 0.3) is 0 Å². The average molecular weight is 420 g/mol. The molecule has 0 saturated carbocycles. The van der Waals surface area contributed by atoms with E-state index in [1.54, 1.807) is 16.2 Å². The fourth-order valence-electron chi connectivity index (χ4n) is 2.95. The molecule has 150 valence electrons. The van der Waals surface area contributed by atoms with Crippen LogP contribution in [0.1, 0.15) is 16.0 Å². The SMILES string of the molecule is Cc1ccc(/C=C/S(=O)(=O)NCC(=O)N2CCN(Cc3cccs3)CC2)cc1. The second kappa shape index (κ2) is 9.47. The van der Waals surface area contributed by atoms with E-state index in [1.165, 1.54) is 11.0 Å². The van der Waals surface area contributed by atoms with Crippen molar-refractivity contribution in [1.82, 2.24) is 14.5 Å². The van der Waals surface area contributed by atoms with Crippen molar-refractivity contribution in [2.45, 2.75) is 13.5 Å². The first-order valence-electron chi connectivity index (χ1n) is 9.18. The zero-order valence-corrected chi connectivity index (χ0v) is 17.5. The number of carbonyl (C=O) groups excluding carboxylic acids is 1. The third kappa shape index (κ3) is 6.27. The summed E-state index contributed by atoms with van der Waals surface area (Å²) >= 11 is 1.73. The van der Waals surface area contributed by atoms with E-state index in [2.05, 4.69) is 21.1 Å². The van der Waals surface area contributed by atoms with Crippen LogP contribution in [-0.4, -0.2) is 56.8 Å². The molecule has 3 rings (SSSR count). The Balaban J connectivity index is 1.44. The lowest BCUT2D eigenvalue weighted by Gasteiger charge is -2.34. The predicted molar refractivity (Wildman–Crippen MR) is 113 cm³/mol. The number of piperazine rings is 1. The van der Waals surface area contributed by atoms with Crippen LogP contribution in [0.15, 0.2) is 47.2 Å². The molecule has 0 atom stereocenters. The van der Waals surface area contributed by atoms with Crippen LogP contribution in [0.4, 0.5) is 0 Å². The monoisotopic (exact) mass is 419 g/mol. The van der Waals surface area contributed by atoms with Crippen molar-refractivity contribution in [1.29, 1.82) is 0 Å². The number of sulfonamides is 1. The molecule has 1 aromatic carbocycles. The van der Waals surface area contributed by atoms with Gasteiger partial charge in [-0.15, -0.1) is 11.3 Å². The van der Waals surface area contributed by atoms with Crippen LogP contribution in [0.5, 0.6) is 0 Å². The van der Waals surface area contributed by atoms with Crippen molar-refractivity contribution in [3.05, 3.63) is 63.2 Å². The molecular formula is C20H25N3O3S2. The smallest absolute Gasteiger partial charge is 0.237 e. The summed E-state index contributed by atoms with van der Waals surface area (Å²) in [7, 11) is -3.66. The highest BCUT2D eigenvalue weighted by Gasteiger charge is 2.22. The van der Waals surface area contributed by atoms with Gasteiger partial charge >= 0.3 is 0 Å².